The highest BCUT2D eigenvalue weighted by Crippen LogP contribution is 2.19. The van der Waals surface area contributed by atoms with Gasteiger partial charge in [-0.3, -0.25) is 15.6 Å². The Morgan fingerprint density at radius 1 is 1.29 bits per heavy atom. The number of hydrogen-bond donors (Lipinski definition) is 2. The quantitative estimate of drug-likeness (QED) is 0.561. The van der Waals surface area contributed by atoms with Gasteiger partial charge in [0, 0.05) is 6.20 Å². The third-order valence-electron chi connectivity index (χ3n) is 2.52. The van der Waals surface area contributed by atoms with Gasteiger partial charge in [0.2, 0.25) is 0 Å². The second-order valence-corrected chi connectivity index (χ2v) is 4.69. The van der Waals surface area contributed by atoms with Crippen molar-refractivity contribution in [2.24, 2.45) is 0 Å². The fourth-order valence-corrected chi connectivity index (χ4v) is 1.80. The Labute approximate surface area is 128 Å². The minimum atomic E-state index is -0.424. The summed E-state index contributed by atoms with van der Waals surface area (Å²) in [6.45, 7) is 0. The maximum absolute atomic E-state index is 11.9. The van der Waals surface area contributed by atoms with Crippen LogP contribution in [0.2, 0.25) is 10.2 Å². The van der Waals surface area contributed by atoms with Gasteiger partial charge in [-0.2, -0.15) is 4.52 Å². The summed E-state index contributed by atoms with van der Waals surface area (Å²) in [5, 5.41) is 12.0. The summed E-state index contributed by atoms with van der Waals surface area (Å²) in [5.41, 5.74) is 6.00. The van der Waals surface area contributed by atoms with E-state index in [2.05, 4.69) is 31.1 Å². The van der Waals surface area contributed by atoms with Crippen LogP contribution in [0.25, 0.3) is 5.65 Å². The second-order valence-electron chi connectivity index (χ2n) is 3.93. The van der Waals surface area contributed by atoms with Gasteiger partial charge in [0.25, 0.3) is 5.91 Å². The van der Waals surface area contributed by atoms with Gasteiger partial charge in [0.15, 0.2) is 11.5 Å². The number of amides is 1. The largest absolute Gasteiger partial charge is 0.280 e. The molecular formula is C11H7Cl2N7O. The maximum Gasteiger partial charge on any atom is 0.271 e. The second kappa shape index (κ2) is 5.51. The van der Waals surface area contributed by atoms with E-state index in [4.69, 9.17) is 23.2 Å². The Morgan fingerprint density at radius 2 is 2.14 bits per heavy atom. The van der Waals surface area contributed by atoms with E-state index in [1.54, 1.807) is 12.1 Å². The van der Waals surface area contributed by atoms with Gasteiger partial charge in [-0.25, -0.2) is 4.98 Å². The molecule has 3 aromatic heterocycles. The number of anilines is 1. The van der Waals surface area contributed by atoms with Gasteiger partial charge in [0.05, 0.1) is 10.6 Å². The van der Waals surface area contributed by atoms with Crippen molar-refractivity contribution < 1.29 is 4.79 Å². The van der Waals surface area contributed by atoms with Crippen molar-refractivity contribution in [3.63, 3.8) is 0 Å². The number of carbonyl (C=O) groups excluding carboxylic acids is 1. The number of hydrazine groups is 1. The van der Waals surface area contributed by atoms with Crippen LogP contribution in [0.3, 0.4) is 0 Å². The molecule has 0 atom stereocenters. The molecule has 0 bridgehead atoms. The molecule has 3 heterocycles. The molecule has 0 saturated carbocycles. The molecule has 8 nitrogen and oxygen atoms in total. The van der Waals surface area contributed by atoms with Gasteiger partial charge in [-0.15, -0.1) is 15.3 Å². The van der Waals surface area contributed by atoms with E-state index in [0.717, 1.165) is 0 Å². The first-order valence-corrected chi connectivity index (χ1v) is 6.43. The summed E-state index contributed by atoms with van der Waals surface area (Å²) in [6.07, 6.45) is 2.77. The molecule has 0 aliphatic carbocycles. The lowest BCUT2D eigenvalue weighted by atomic mass is 10.3. The molecule has 0 saturated heterocycles. The van der Waals surface area contributed by atoms with Crippen LogP contribution < -0.4 is 10.9 Å². The highest BCUT2D eigenvalue weighted by molar-refractivity contribution is 6.41. The van der Waals surface area contributed by atoms with Gasteiger partial charge < -0.3 is 0 Å². The monoisotopic (exact) mass is 323 g/mol. The highest BCUT2D eigenvalue weighted by atomic mass is 35.5. The number of pyridine rings is 1. The van der Waals surface area contributed by atoms with Gasteiger partial charge in [-0.1, -0.05) is 23.2 Å². The molecule has 106 valence electrons. The van der Waals surface area contributed by atoms with Crippen molar-refractivity contribution >= 4 is 40.6 Å². The molecule has 0 aromatic carbocycles. The molecule has 21 heavy (non-hydrogen) atoms. The number of aromatic nitrogens is 5. The number of nitrogens with zero attached hydrogens (tertiary/aromatic N) is 5. The third kappa shape index (κ3) is 2.86. The molecule has 1 amide bonds. The zero-order chi connectivity index (χ0) is 14.8. The lowest BCUT2D eigenvalue weighted by molar-refractivity contribution is 0.0962. The first-order valence-electron chi connectivity index (χ1n) is 5.68. The normalized spacial score (nSPS) is 10.6. The van der Waals surface area contributed by atoms with Crippen LogP contribution in [0.1, 0.15) is 10.4 Å². The summed E-state index contributed by atoms with van der Waals surface area (Å²) in [7, 11) is 0. The van der Waals surface area contributed by atoms with Gasteiger partial charge in [-0.05, 0) is 18.2 Å². The van der Waals surface area contributed by atoms with Crippen molar-refractivity contribution in [2.45, 2.75) is 0 Å². The molecule has 3 aromatic rings. The number of halogens is 2. The molecule has 0 spiro atoms. The Bertz CT molecular complexity index is 819. The van der Waals surface area contributed by atoms with E-state index in [1.165, 1.54) is 23.1 Å². The minimum Gasteiger partial charge on any atom is -0.280 e. The van der Waals surface area contributed by atoms with Crippen molar-refractivity contribution in [1.29, 1.82) is 0 Å². The van der Waals surface area contributed by atoms with E-state index in [1.807, 2.05) is 0 Å². The minimum absolute atomic E-state index is 0.140. The van der Waals surface area contributed by atoms with Crippen LogP contribution >= 0.6 is 23.2 Å². The van der Waals surface area contributed by atoms with Crippen molar-refractivity contribution in [2.75, 3.05) is 5.43 Å². The topological polar surface area (TPSA) is 97.1 Å². The first kappa shape index (κ1) is 13.5. The number of rotatable bonds is 3. The fourth-order valence-electron chi connectivity index (χ4n) is 1.53. The van der Waals surface area contributed by atoms with E-state index >= 15 is 0 Å². The first-order chi connectivity index (χ1) is 10.1. The molecule has 0 fully saturated rings. The molecular weight excluding hydrogens is 317 g/mol. The van der Waals surface area contributed by atoms with Crippen LogP contribution in [0.5, 0.6) is 0 Å². The summed E-state index contributed by atoms with van der Waals surface area (Å²) in [5.74, 6) is -0.00427. The summed E-state index contributed by atoms with van der Waals surface area (Å²) < 4.78 is 1.47. The van der Waals surface area contributed by atoms with Gasteiger partial charge >= 0.3 is 0 Å². The van der Waals surface area contributed by atoms with Crippen LogP contribution in [-0.4, -0.2) is 30.7 Å². The predicted octanol–water partition coefficient (Wildman–Crippen LogP) is 1.58. The van der Waals surface area contributed by atoms with Gasteiger partial charge in [0.1, 0.15) is 11.5 Å². The zero-order valence-corrected chi connectivity index (χ0v) is 11.8. The fraction of sp³-hybridized carbons (Fsp3) is 0. The van der Waals surface area contributed by atoms with Crippen molar-refractivity contribution in [3.05, 3.63) is 46.5 Å². The Hall–Kier alpha value is -2.45. The van der Waals surface area contributed by atoms with Crippen LogP contribution in [0, 0.1) is 0 Å². The zero-order valence-electron chi connectivity index (χ0n) is 10.3. The number of fused-ring (bicyclic) bond motifs is 1. The molecule has 3 rings (SSSR count). The van der Waals surface area contributed by atoms with Crippen LogP contribution in [-0.2, 0) is 0 Å². The van der Waals surface area contributed by atoms with E-state index in [-0.39, 0.29) is 15.7 Å². The molecule has 0 unspecified atom stereocenters. The molecule has 2 N–H and O–H groups in total. The Balaban J connectivity index is 1.71. The van der Waals surface area contributed by atoms with Crippen molar-refractivity contribution in [3.8, 4) is 0 Å². The Kier molecular flexibility index (Phi) is 3.55. The summed E-state index contributed by atoms with van der Waals surface area (Å²) in [6, 6.07) is 4.77. The van der Waals surface area contributed by atoms with E-state index in [9.17, 15) is 4.79 Å². The van der Waals surface area contributed by atoms with Crippen LogP contribution in [0.4, 0.5) is 5.82 Å². The predicted molar refractivity (Wildman–Crippen MR) is 76.1 cm³/mol. The lowest BCUT2D eigenvalue weighted by Crippen LogP contribution is -2.30. The molecule has 0 aliphatic rings. The van der Waals surface area contributed by atoms with Crippen LogP contribution in [0.15, 0.2) is 30.7 Å². The molecule has 0 aliphatic heterocycles. The number of hydrogen-bond acceptors (Lipinski definition) is 6. The number of nitrogens with one attached hydrogen (secondary N) is 2. The maximum atomic E-state index is 11.9. The third-order valence-corrected chi connectivity index (χ3v) is 3.21. The average molecular weight is 324 g/mol. The average Bonchev–Trinajstić information content (AvgIpc) is 2.95. The smallest absolute Gasteiger partial charge is 0.271 e. The van der Waals surface area contributed by atoms with Crippen molar-refractivity contribution in [1.82, 2.24) is 30.2 Å². The summed E-state index contributed by atoms with van der Waals surface area (Å²) in [4.78, 5) is 15.7. The Morgan fingerprint density at radius 3 is 2.95 bits per heavy atom. The lowest BCUT2D eigenvalue weighted by Gasteiger charge is -2.07. The number of carbonyl (C=O) groups is 1. The molecule has 0 radical (unpaired) electrons. The highest BCUT2D eigenvalue weighted by Gasteiger charge is 2.09. The molecule has 10 heteroatoms. The SMILES string of the molecule is O=C(NNc1ccc2nncn2n1)c1cnc(Cl)c(Cl)c1. The standard InChI is InChI=1S/C11H7Cl2N7O/c12-7-3-6(4-14-10(7)13)11(21)18-16-8-1-2-9-17-15-5-20(9)19-8/h1-5H,(H,16,19)(H,18,21). The van der Waals surface area contributed by atoms with E-state index < -0.39 is 5.91 Å². The summed E-state index contributed by atoms with van der Waals surface area (Å²) >= 11 is 11.5. The van der Waals surface area contributed by atoms with E-state index in [0.29, 0.717) is 11.5 Å².